The molecule has 0 amide bonds. The number of nitrogens with zero attached hydrogens (tertiary/aromatic N) is 1. The van der Waals surface area contributed by atoms with Gasteiger partial charge >= 0.3 is 0 Å². The van der Waals surface area contributed by atoms with Gasteiger partial charge in [0.05, 0.1) is 6.21 Å². The fourth-order valence-electron chi connectivity index (χ4n) is 1.32. The number of carbonyl (C=O) groups is 1. The minimum Gasteiger partial charge on any atom is -0.436 e. The standard InChI is InChI=1S/C13H9FN2O2/c14-9-4-1-2-6-12(9)18-13-7-3-5-10(16-13)11(17)8-15/h1-8,15H. The van der Waals surface area contributed by atoms with E-state index in [-0.39, 0.29) is 17.3 Å². The van der Waals surface area contributed by atoms with Gasteiger partial charge in [-0.15, -0.1) is 0 Å². The third-order valence-electron chi connectivity index (χ3n) is 2.16. The third kappa shape index (κ3) is 2.57. The van der Waals surface area contributed by atoms with Crippen molar-refractivity contribution in [2.24, 2.45) is 0 Å². The van der Waals surface area contributed by atoms with E-state index in [1.165, 1.54) is 24.3 Å². The third-order valence-corrected chi connectivity index (χ3v) is 2.16. The van der Waals surface area contributed by atoms with E-state index in [0.29, 0.717) is 6.21 Å². The molecule has 1 aromatic carbocycles. The molecule has 5 heteroatoms. The number of nitrogens with one attached hydrogen (secondary N) is 1. The van der Waals surface area contributed by atoms with Crippen LogP contribution < -0.4 is 4.74 Å². The summed E-state index contributed by atoms with van der Waals surface area (Å²) in [5.41, 5.74) is 0.0823. The average molecular weight is 244 g/mol. The Morgan fingerprint density at radius 2 is 2.00 bits per heavy atom. The number of ketones is 1. The zero-order chi connectivity index (χ0) is 13.0. The predicted octanol–water partition coefficient (Wildman–Crippen LogP) is 2.85. The number of para-hydroxylation sites is 1. The fraction of sp³-hybridized carbons (Fsp3) is 0. The number of aromatic nitrogens is 1. The fourth-order valence-corrected chi connectivity index (χ4v) is 1.32. The summed E-state index contributed by atoms with van der Waals surface area (Å²) < 4.78 is 18.6. The summed E-state index contributed by atoms with van der Waals surface area (Å²) in [6, 6.07) is 10.4. The van der Waals surface area contributed by atoms with Crippen LogP contribution in [0.25, 0.3) is 0 Å². The first-order chi connectivity index (χ1) is 8.70. The van der Waals surface area contributed by atoms with Gasteiger partial charge in [-0.3, -0.25) is 4.79 Å². The van der Waals surface area contributed by atoms with Crippen LogP contribution in [0.4, 0.5) is 4.39 Å². The van der Waals surface area contributed by atoms with Crippen molar-refractivity contribution < 1.29 is 13.9 Å². The van der Waals surface area contributed by atoms with Gasteiger partial charge in [0, 0.05) is 6.07 Å². The van der Waals surface area contributed by atoms with Gasteiger partial charge in [0.15, 0.2) is 11.6 Å². The SMILES string of the molecule is N=CC(=O)c1cccc(Oc2ccccc2F)n1. The van der Waals surface area contributed by atoms with Crippen molar-refractivity contribution in [3.05, 3.63) is 54.0 Å². The second kappa shape index (κ2) is 5.18. The zero-order valence-corrected chi connectivity index (χ0v) is 9.26. The minimum atomic E-state index is -0.533. The average Bonchev–Trinajstić information content (AvgIpc) is 2.41. The minimum absolute atomic E-state index is 0.0319. The zero-order valence-electron chi connectivity index (χ0n) is 9.26. The highest BCUT2D eigenvalue weighted by atomic mass is 19.1. The molecular weight excluding hydrogens is 235 g/mol. The van der Waals surface area contributed by atoms with Crippen LogP contribution in [0.2, 0.25) is 0 Å². The van der Waals surface area contributed by atoms with E-state index < -0.39 is 11.6 Å². The van der Waals surface area contributed by atoms with Crippen LogP contribution in [-0.4, -0.2) is 17.0 Å². The molecule has 0 aliphatic heterocycles. The van der Waals surface area contributed by atoms with Crippen molar-refractivity contribution in [1.82, 2.24) is 4.98 Å². The van der Waals surface area contributed by atoms with E-state index in [4.69, 9.17) is 10.1 Å². The van der Waals surface area contributed by atoms with Gasteiger partial charge in [-0.1, -0.05) is 18.2 Å². The van der Waals surface area contributed by atoms with Gasteiger partial charge in [0.25, 0.3) is 0 Å². The van der Waals surface area contributed by atoms with Crippen LogP contribution in [0.1, 0.15) is 10.5 Å². The van der Waals surface area contributed by atoms with Gasteiger partial charge in [0.1, 0.15) is 5.69 Å². The molecule has 0 saturated carbocycles. The molecule has 0 aliphatic rings. The number of Topliss-reactive ketones (excluding diaryl/α,β-unsaturated/α-hetero) is 1. The lowest BCUT2D eigenvalue weighted by molar-refractivity contribution is 0.106. The van der Waals surface area contributed by atoms with E-state index in [0.717, 1.165) is 0 Å². The lowest BCUT2D eigenvalue weighted by atomic mass is 10.2. The molecule has 0 aliphatic carbocycles. The Hall–Kier alpha value is -2.56. The van der Waals surface area contributed by atoms with Gasteiger partial charge in [-0.25, -0.2) is 9.37 Å². The number of pyridine rings is 1. The highest BCUT2D eigenvalue weighted by Gasteiger charge is 2.08. The topological polar surface area (TPSA) is 63.0 Å². The highest BCUT2D eigenvalue weighted by Crippen LogP contribution is 2.22. The molecule has 0 spiro atoms. The second-order valence-electron chi connectivity index (χ2n) is 3.40. The predicted molar refractivity (Wildman–Crippen MR) is 63.8 cm³/mol. The molecular formula is C13H9FN2O2. The number of halogens is 1. The summed E-state index contributed by atoms with van der Waals surface area (Å²) in [4.78, 5) is 15.1. The van der Waals surface area contributed by atoms with Crippen molar-refractivity contribution in [3.8, 4) is 11.6 Å². The summed E-state index contributed by atoms with van der Waals surface area (Å²) in [6.07, 6.45) is 0.662. The summed E-state index contributed by atoms with van der Waals surface area (Å²) in [7, 11) is 0. The van der Waals surface area contributed by atoms with Crippen LogP contribution in [0, 0.1) is 11.2 Å². The highest BCUT2D eigenvalue weighted by molar-refractivity contribution is 6.33. The first-order valence-electron chi connectivity index (χ1n) is 5.15. The molecule has 0 radical (unpaired) electrons. The quantitative estimate of drug-likeness (QED) is 0.664. The molecule has 2 aromatic rings. The summed E-state index contributed by atoms with van der Waals surface area (Å²) in [6.45, 7) is 0. The Morgan fingerprint density at radius 1 is 1.22 bits per heavy atom. The van der Waals surface area contributed by atoms with Gasteiger partial charge in [-0.2, -0.15) is 0 Å². The molecule has 0 atom stereocenters. The van der Waals surface area contributed by atoms with E-state index in [1.807, 2.05) is 0 Å². The molecule has 0 fully saturated rings. The maximum atomic E-state index is 13.3. The van der Waals surface area contributed by atoms with E-state index in [2.05, 4.69) is 4.98 Å². The van der Waals surface area contributed by atoms with Crippen LogP contribution in [-0.2, 0) is 0 Å². The normalized spacial score (nSPS) is 9.83. The van der Waals surface area contributed by atoms with Crippen molar-refractivity contribution >= 4 is 12.0 Å². The smallest absolute Gasteiger partial charge is 0.221 e. The molecule has 1 N–H and O–H groups in total. The first kappa shape index (κ1) is 11.9. The monoisotopic (exact) mass is 244 g/mol. The number of carbonyl (C=O) groups excluding carboxylic acids is 1. The molecule has 18 heavy (non-hydrogen) atoms. The van der Waals surface area contributed by atoms with E-state index in [9.17, 15) is 9.18 Å². The molecule has 4 nitrogen and oxygen atoms in total. The number of hydrogen-bond acceptors (Lipinski definition) is 4. The van der Waals surface area contributed by atoms with Crippen molar-refractivity contribution in [3.63, 3.8) is 0 Å². The Morgan fingerprint density at radius 3 is 2.72 bits per heavy atom. The summed E-state index contributed by atoms with van der Waals surface area (Å²) in [5.74, 6) is -0.908. The molecule has 1 heterocycles. The van der Waals surface area contributed by atoms with Gasteiger partial charge in [-0.05, 0) is 18.2 Å². The largest absolute Gasteiger partial charge is 0.436 e. The molecule has 1 aromatic heterocycles. The lowest BCUT2D eigenvalue weighted by Crippen LogP contribution is -2.03. The van der Waals surface area contributed by atoms with Crippen LogP contribution in [0.3, 0.4) is 0 Å². The second-order valence-corrected chi connectivity index (χ2v) is 3.40. The molecule has 90 valence electrons. The van der Waals surface area contributed by atoms with E-state index in [1.54, 1.807) is 18.2 Å². The Balaban J connectivity index is 2.27. The number of rotatable bonds is 4. The van der Waals surface area contributed by atoms with Crippen molar-refractivity contribution in [1.29, 1.82) is 5.41 Å². The number of benzene rings is 1. The summed E-state index contributed by atoms with van der Waals surface area (Å²) in [5, 5.41) is 6.86. The van der Waals surface area contributed by atoms with Gasteiger partial charge < -0.3 is 10.1 Å². The Labute approximate surface area is 103 Å². The van der Waals surface area contributed by atoms with Crippen molar-refractivity contribution in [2.45, 2.75) is 0 Å². The summed E-state index contributed by atoms with van der Waals surface area (Å²) >= 11 is 0. The maximum absolute atomic E-state index is 13.3. The molecule has 0 bridgehead atoms. The van der Waals surface area contributed by atoms with Crippen LogP contribution in [0.5, 0.6) is 11.6 Å². The van der Waals surface area contributed by atoms with Crippen LogP contribution in [0.15, 0.2) is 42.5 Å². The number of hydrogen-bond donors (Lipinski definition) is 1. The maximum Gasteiger partial charge on any atom is 0.221 e. The van der Waals surface area contributed by atoms with Crippen molar-refractivity contribution in [2.75, 3.05) is 0 Å². The van der Waals surface area contributed by atoms with Crippen LogP contribution >= 0.6 is 0 Å². The first-order valence-corrected chi connectivity index (χ1v) is 5.15. The molecule has 2 rings (SSSR count). The Bertz CT molecular complexity index is 599. The molecule has 0 saturated heterocycles. The molecule has 0 unspecified atom stereocenters. The van der Waals surface area contributed by atoms with E-state index >= 15 is 0 Å². The number of ether oxygens (including phenoxy) is 1. The Kier molecular flexibility index (Phi) is 3.43. The lowest BCUT2D eigenvalue weighted by Gasteiger charge is -2.05. The van der Waals surface area contributed by atoms with Gasteiger partial charge in [0.2, 0.25) is 11.7 Å².